The molecule has 1 N–H and O–H groups in total. The molecule has 2 rings (SSSR count). The number of benzene rings is 1. The molecule has 0 radical (unpaired) electrons. The summed E-state index contributed by atoms with van der Waals surface area (Å²) in [6.45, 7) is 2.22. The maximum atomic E-state index is 12.7. The zero-order valence-corrected chi connectivity index (χ0v) is 12.3. The molecule has 5 nitrogen and oxygen atoms in total. The maximum absolute atomic E-state index is 12.7. The van der Waals surface area contributed by atoms with Gasteiger partial charge < -0.3 is 5.11 Å². The van der Waals surface area contributed by atoms with Gasteiger partial charge in [0.1, 0.15) is 0 Å². The second-order valence-corrected chi connectivity index (χ2v) is 6.87. The van der Waals surface area contributed by atoms with Crippen molar-refractivity contribution in [2.24, 2.45) is 0 Å². The molecular weight excluding hydrogens is 278 g/mol. The lowest BCUT2D eigenvalue weighted by atomic mass is 10.2. The molecule has 0 saturated heterocycles. The topological polar surface area (TPSA) is 74.7 Å². The number of nitrogens with zero attached hydrogens (tertiary/aromatic N) is 1. The van der Waals surface area contributed by atoms with Crippen LogP contribution in [0.15, 0.2) is 29.2 Å². The van der Waals surface area contributed by atoms with Crippen molar-refractivity contribution in [2.75, 3.05) is 6.54 Å². The van der Waals surface area contributed by atoms with Crippen LogP contribution in [0.3, 0.4) is 0 Å². The van der Waals surface area contributed by atoms with E-state index in [2.05, 4.69) is 0 Å². The third-order valence-electron chi connectivity index (χ3n) is 3.73. The summed E-state index contributed by atoms with van der Waals surface area (Å²) in [4.78, 5) is 11.0. The predicted molar refractivity (Wildman–Crippen MR) is 75.2 cm³/mol. The van der Waals surface area contributed by atoms with Crippen molar-refractivity contribution in [2.45, 2.75) is 43.5 Å². The quantitative estimate of drug-likeness (QED) is 0.905. The summed E-state index contributed by atoms with van der Waals surface area (Å²) in [7, 11) is -3.62. The molecule has 20 heavy (non-hydrogen) atoms. The Bertz CT molecular complexity index is 591. The lowest BCUT2D eigenvalue weighted by Gasteiger charge is -2.26. The molecule has 1 aliphatic rings. The van der Waals surface area contributed by atoms with Crippen molar-refractivity contribution in [1.82, 2.24) is 4.31 Å². The van der Waals surface area contributed by atoms with E-state index in [0.29, 0.717) is 6.54 Å². The Morgan fingerprint density at radius 1 is 1.35 bits per heavy atom. The number of sulfonamides is 1. The van der Waals surface area contributed by atoms with Gasteiger partial charge in [-0.1, -0.05) is 25.8 Å². The molecule has 0 heterocycles. The van der Waals surface area contributed by atoms with Gasteiger partial charge >= 0.3 is 5.97 Å². The van der Waals surface area contributed by atoms with Crippen LogP contribution in [0.5, 0.6) is 0 Å². The summed E-state index contributed by atoms with van der Waals surface area (Å²) in [6.07, 6.45) is 3.86. The third kappa shape index (κ3) is 2.86. The van der Waals surface area contributed by atoms with Crippen LogP contribution in [-0.4, -0.2) is 36.4 Å². The van der Waals surface area contributed by atoms with Gasteiger partial charge in [0.15, 0.2) is 0 Å². The molecule has 110 valence electrons. The molecule has 0 aromatic heterocycles. The van der Waals surface area contributed by atoms with Crippen LogP contribution >= 0.6 is 0 Å². The van der Waals surface area contributed by atoms with Crippen molar-refractivity contribution in [3.05, 3.63) is 29.8 Å². The highest BCUT2D eigenvalue weighted by Crippen LogP contribution is 2.28. The minimum atomic E-state index is -3.62. The minimum absolute atomic E-state index is 0.00597. The molecule has 1 aromatic carbocycles. The van der Waals surface area contributed by atoms with E-state index in [4.69, 9.17) is 5.11 Å². The van der Waals surface area contributed by atoms with E-state index in [1.165, 1.54) is 28.6 Å². The summed E-state index contributed by atoms with van der Waals surface area (Å²) in [5.74, 6) is -1.12. The number of hydrogen-bond donors (Lipinski definition) is 1. The fraction of sp³-hybridized carbons (Fsp3) is 0.500. The molecule has 0 aliphatic heterocycles. The molecular formula is C14H19NO4S. The van der Waals surface area contributed by atoms with Crippen LogP contribution in [0.4, 0.5) is 0 Å². The number of carboxylic acid groups (broad SMARTS) is 1. The van der Waals surface area contributed by atoms with E-state index in [9.17, 15) is 13.2 Å². The lowest BCUT2D eigenvalue weighted by Crippen LogP contribution is -2.38. The fourth-order valence-electron chi connectivity index (χ4n) is 2.74. The van der Waals surface area contributed by atoms with Crippen LogP contribution < -0.4 is 0 Å². The molecule has 0 bridgehead atoms. The first kappa shape index (κ1) is 15.0. The van der Waals surface area contributed by atoms with Gasteiger partial charge in [-0.25, -0.2) is 13.2 Å². The number of aromatic carboxylic acids is 1. The molecule has 6 heteroatoms. The Kier molecular flexibility index (Phi) is 4.45. The summed E-state index contributed by atoms with van der Waals surface area (Å²) < 4.78 is 26.8. The van der Waals surface area contributed by atoms with E-state index in [-0.39, 0.29) is 16.5 Å². The number of hydrogen-bond acceptors (Lipinski definition) is 3. The highest BCUT2D eigenvalue weighted by molar-refractivity contribution is 7.89. The summed E-state index contributed by atoms with van der Waals surface area (Å²) >= 11 is 0. The first-order valence-corrected chi connectivity index (χ1v) is 8.26. The van der Waals surface area contributed by atoms with Gasteiger partial charge in [-0.05, 0) is 31.0 Å². The van der Waals surface area contributed by atoms with Crippen LogP contribution in [0, 0.1) is 0 Å². The predicted octanol–water partition coefficient (Wildman–Crippen LogP) is 2.34. The average Bonchev–Trinajstić information content (AvgIpc) is 2.93. The van der Waals surface area contributed by atoms with Crippen molar-refractivity contribution in [3.63, 3.8) is 0 Å². The SMILES string of the molecule is CCN(C1CCCC1)S(=O)(=O)c1cccc(C(=O)O)c1. The van der Waals surface area contributed by atoms with E-state index < -0.39 is 16.0 Å². The van der Waals surface area contributed by atoms with Gasteiger partial charge in [-0.15, -0.1) is 0 Å². The van der Waals surface area contributed by atoms with E-state index in [1.807, 2.05) is 6.92 Å². The molecule has 0 atom stereocenters. The summed E-state index contributed by atoms with van der Waals surface area (Å²) in [5, 5.41) is 8.97. The first-order valence-electron chi connectivity index (χ1n) is 6.82. The Labute approximate surface area is 119 Å². The smallest absolute Gasteiger partial charge is 0.335 e. The van der Waals surface area contributed by atoms with Crippen LogP contribution in [-0.2, 0) is 10.0 Å². The van der Waals surface area contributed by atoms with Gasteiger partial charge in [0.2, 0.25) is 10.0 Å². The zero-order chi connectivity index (χ0) is 14.8. The van der Waals surface area contributed by atoms with Crippen molar-refractivity contribution in [3.8, 4) is 0 Å². The van der Waals surface area contributed by atoms with Crippen LogP contribution in [0.1, 0.15) is 43.0 Å². The number of carbonyl (C=O) groups is 1. The van der Waals surface area contributed by atoms with Gasteiger partial charge in [0, 0.05) is 12.6 Å². The Morgan fingerprint density at radius 2 is 2.00 bits per heavy atom. The fourth-order valence-corrected chi connectivity index (χ4v) is 4.48. The number of rotatable bonds is 5. The highest BCUT2D eigenvalue weighted by Gasteiger charge is 2.32. The second kappa shape index (κ2) is 5.93. The van der Waals surface area contributed by atoms with Crippen molar-refractivity contribution < 1.29 is 18.3 Å². The van der Waals surface area contributed by atoms with Gasteiger partial charge in [-0.3, -0.25) is 0 Å². The summed E-state index contributed by atoms with van der Waals surface area (Å²) in [5.41, 5.74) is -0.00597. The maximum Gasteiger partial charge on any atom is 0.335 e. The van der Waals surface area contributed by atoms with E-state index in [1.54, 1.807) is 0 Å². The van der Waals surface area contributed by atoms with E-state index in [0.717, 1.165) is 25.7 Å². The minimum Gasteiger partial charge on any atom is -0.478 e. The Balaban J connectivity index is 2.37. The lowest BCUT2D eigenvalue weighted by molar-refractivity contribution is 0.0696. The van der Waals surface area contributed by atoms with Crippen molar-refractivity contribution in [1.29, 1.82) is 0 Å². The molecule has 1 aliphatic carbocycles. The molecule has 1 fully saturated rings. The Hall–Kier alpha value is -1.40. The van der Waals surface area contributed by atoms with E-state index >= 15 is 0 Å². The largest absolute Gasteiger partial charge is 0.478 e. The van der Waals surface area contributed by atoms with Gasteiger partial charge in [0.05, 0.1) is 10.5 Å². The molecule has 0 unspecified atom stereocenters. The third-order valence-corrected chi connectivity index (χ3v) is 5.75. The monoisotopic (exact) mass is 297 g/mol. The first-order chi connectivity index (χ1) is 9.46. The number of carboxylic acids is 1. The normalized spacial score (nSPS) is 16.7. The second-order valence-electron chi connectivity index (χ2n) is 4.98. The molecule has 0 spiro atoms. The van der Waals surface area contributed by atoms with Crippen molar-refractivity contribution >= 4 is 16.0 Å². The molecule has 1 saturated carbocycles. The molecule has 0 amide bonds. The summed E-state index contributed by atoms with van der Waals surface area (Å²) in [6, 6.07) is 5.60. The van der Waals surface area contributed by atoms with Gasteiger partial charge in [0.25, 0.3) is 0 Å². The standard InChI is InChI=1S/C14H19NO4S/c1-2-15(12-7-3-4-8-12)20(18,19)13-9-5-6-11(10-13)14(16)17/h5-6,9-10,12H,2-4,7-8H2,1H3,(H,16,17). The average molecular weight is 297 g/mol. The van der Waals surface area contributed by atoms with Gasteiger partial charge in [-0.2, -0.15) is 4.31 Å². The molecule has 1 aromatic rings. The zero-order valence-electron chi connectivity index (χ0n) is 11.4. The van der Waals surface area contributed by atoms with Crippen LogP contribution in [0.2, 0.25) is 0 Å². The Morgan fingerprint density at radius 3 is 2.55 bits per heavy atom. The highest BCUT2D eigenvalue weighted by atomic mass is 32.2. The van der Waals surface area contributed by atoms with Crippen LogP contribution in [0.25, 0.3) is 0 Å².